The van der Waals surface area contributed by atoms with Crippen molar-refractivity contribution in [3.8, 4) is 11.8 Å². The number of nitrogens with zero attached hydrogens (tertiary/aromatic N) is 2. The van der Waals surface area contributed by atoms with E-state index in [4.69, 9.17) is 10.00 Å². The Morgan fingerprint density at radius 3 is 2.37 bits per heavy atom. The number of carbonyl (C=O) groups is 2. The van der Waals surface area contributed by atoms with Crippen LogP contribution in [0.2, 0.25) is 0 Å². The van der Waals surface area contributed by atoms with E-state index in [1.165, 1.54) is 5.01 Å². The number of hydrazine groups is 1. The SMILES string of the molecule is N#Cc1ccccc1COc1ccc(/C=C2/C(=O)NN(c3ccccc3)C2=O)cc1. The van der Waals surface area contributed by atoms with Crippen molar-refractivity contribution >= 4 is 23.6 Å². The van der Waals surface area contributed by atoms with Crippen molar-refractivity contribution in [3.05, 3.63) is 101 Å². The highest BCUT2D eigenvalue weighted by Crippen LogP contribution is 2.22. The largest absolute Gasteiger partial charge is 0.489 e. The van der Waals surface area contributed by atoms with Gasteiger partial charge in [-0.05, 0) is 42.0 Å². The number of ether oxygens (including phenoxy) is 1. The maximum atomic E-state index is 12.6. The fourth-order valence-electron chi connectivity index (χ4n) is 3.06. The first-order valence-corrected chi connectivity index (χ1v) is 9.29. The molecule has 1 heterocycles. The van der Waals surface area contributed by atoms with Gasteiger partial charge in [-0.15, -0.1) is 0 Å². The molecule has 6 heteroatoms. The van der Waals surface area contributed by atoms with Gasteiger partial charge in [0.2, 0.25) is 0 Å². The molecule has 4 rings (SSSR count). The lowest BCUT2D eigenvalue weighted by molar-refractivity contribution is -0.117. The van der Waals surface area contributed by atoms with Gasteiger partial charge in [-0.25, -0.2) is 5.01 Å². The maximum Gasteiger partial charge on any atom is 0.282 e. The second kappa shape index (κ2) is 8.33. The number of rotatable bonds is 5. The summed E-state index contributed by atoms with van der Waals surface area (Å²) in [6.45, 7) is 0.275. The van der Waals surface area contributed by atoms with Gasteiger partial charge in [0.05, 0.1) is 17.3 Å². The first-order chi connectivity index (χ1) is 14.7. The minimum atomic E-state index is -0.447. The van der Waals surface area contributed by atoms with Gasteiger partial charge in [-0.2, -0.15) is 5.26 Å². The Morgan fingerprint density at radius 1 is 0.933 bits per heavy atom. The van der Waals surface area contributed by atoms with Crippen molar-refractivity contribution < 1.29 is 14.3 Å². The van der Waals surface area contributed by atoms with Gasteiger partial charge in [0, 0.05) is 5.56 Å². The molecule has 146 valence electrons. The summed E-state index contributed by atoms with van der Waals surface area (Å²) >= 11 is 0. The fraction of sp³-hybridized carbons (Fsp3) is 0.0417. The summed E-state index contributed by atoms with van der Waals surface area (Å²) in [5, 5.41) is 10.4. The summed E-state index contributed by atoms with van der Waals surface area (Å²) in [6, 6.07) is 25.4. The van der Waals surface area contributed by atoms with Crippen LogP contribution in [-0.4, -0.2) is 11.8 Å². The third kappa shape index (κ3) is 3.91. The minimum Gasteiger partial charge on any atom is -0.489 e. The molecule has 0 bridgehead atoms. The lowest BCUT2D eigenvalue weighted by Gasteiger charge is -2.13. The van der Waals surface area contributed by atoms with Crippen LogP contribution in [0.25, 0.3) is 6.08 Å². The highest BCUT2D eigenvalue weighted by Gasteiger charge is 2.34. The Labute approximate surface area is 173 Å². The molecule has 0 atom stereocenters. The molecule has 1 aliphatic rings. The van der Waals surface area contributed by atoms with Crippen molar-refractivity contribution in [3.63, 3.8) is 0 Å². The molecule has 0 aromatic heterocycles. The molecule has 1 saturated heterocycles. The zero-order valence-electron chi connectivity index (χ0n) is 15.9. The lowest BCUT2D eigenvalue weighted by atomic mass is 10.1. The zero-order valence-corrected chi connectivity index (χ0v) is 15.9. The maximum absolute atomic E-state index is 12.6. The molecule has 0 radical (unpaired) electrons. The summed E-state index contributed by atoms with van der Waals surface area (Å²) in [5.74, 6) is -0.227. The standard InChI is InChI=1S/C24H17N3O3/c25-15-18-6-4-5-7-19(18)16-30-21-12-10-17(11-13-21)14-22-23(28)26-27(24(22)29)20-8-2-1-3-9-20/h1-14H,16H2,(H,26,28)/b22-14-. The number of benzene rings is 3. The molecule has 3 aromatic carbocycles. The summed E-state index contributed by atoms with van der Waals surface area (Å²) < 4.78 is 5.75. The third-order valence-electron chi connectivity index (χ3n) is 4.63. The van der Waals surface area contributed by atoms with Crippen LogP contribution in [0, 0.1) is 11.3 Å². The molecule has 0 spiro atoms. The summed E-state index contributed by atoms with van der Waals surface area (Å²) in [5.41, 5.74) is 5.32. The average Bonchev–Trinajstić information content (AvgIpc) is 3.07. The van der Waals surface area contributed by atoms with Gasteiger partial charge in [-0.1, -0.05) is 48.5 Å². The van der Waals surface area contributed by atoms with Crippen molar-refractivity contribution in [1.82, 2.24) is 5.43 Å². The van der Waals surface area contributed by atoms with E-state index in [1.807, 2.05) is 24.3 Å². The summed E-state index contributed by atoms with van der Waals surface area (Å²) in [6.07, 6.45) is 1.55. The van der Waals surface area contributed by atoms with Crippen LogP contribution in [0.1, 0.15) is 16.7 Å². The van der Waals surface area contributed by atoms with E-state index in [-0.39, 0.29) is 12.2 Å². The van der Waals surface area contributed by atoms with Crippen molar-refractivity contribution in [2.75, 3.05) is 5.01 Å². The van der Waals surface area contributed by atoms with Crippen molar-refractivity contribution in [2.45, 2.75) is 6.61 Å². The van der Waals surface area contributed by atoms with E-state index in [1.54, 1.807) is 60.7 Å². The number of para-hydroxylation sites is 1. The van der Waals surface area contributed by atoms with Gasteiger partial charge in [0.25, 0.3) is 11.8 Å². The minimum absolute atomic E-state index is 0.0652. The Bertz CT molecular complexity index is 1160. The number of nitrogens with one attached hydrogen (secondary N) is 1. The molecule has 3 aromatic rings. The van der Waals surface area contributed by atoms with Crippen LogP contribution < -0.4 is 15.2 Å². The molecule has 0 saturated carbocycles. The van der Waals surface area contributed by atoms with Crippen LogP contribution in [0.4, 0.5) is 5.69 Å². The predicted octanol–water partition coefficient (Wildman–Crippen LogP) is 3.60. The number of carbonyl (C=O) groups excluding carboxylic acids is 2. The number of nitriles is 1. The van der Waals surface area contributed by atoms with Crippen molar-refractivity contribution in [2.24, 2.45) is 0 Å². The van der Waals surface area contributed by atoms with E-state index >= 15 is 0 Å². The number of amides is 2. The molecule has 6 nitrogen and oxygen atoms in total. The quantitative estimate of drug-likeness (QED) is 0.529. The zero-order chi connectivity index (χ0) is 20.9. The normalized spacial score (nSPS) is 14.5. The van der Waals surface area contributed by atoms with Crippen LogP contribution >= 0.6 is 0 Å². The second-order valence-corrected chi connectivity index (χ2v) is 6.60. The van der Waals surface area contributed by atoms with Gasteiger partial charge < -0.3 is 4.74 Å². The number of hydrogen-bond acceptors (Lipinski definition) is 4. The fourth-order valence-corrected chi connectivity index (χ4v) is 3.06. The predicted molar refractivity (Wildman–Crippen MR) is 112 cm³/mol. The van der Waals surface area contributed by atoms with E-state index < -0.39 is 11.8 Å². The van der Waals surface area contributed by atoms with Crippen LogP contribution in [-0.2, 0) is 16.2 Å². The number of hydrogen-bond donors (Lipinski definition) is 1. The third-order valence-corrected chi connectivity index (χ3v) is 4.63. The highest BCUT2D eigenvalue weighted by atomic mass is 16.5. The smallest absolute Gasteiger partial charge is 0.282 e. The molecule has 0 unspecified atom stereocenters. The first-order valence-electron chi connectivity index (χ1n) is 9.29. The van der Waals surface area contributed by atoms with Gasteiger partial charge in [0.1, 0.15) is 17.9 Å². The average molecular weight is 395 g/mol. The Morgan fingerprint density at radius 2 is 1.63 bits per heavy atom. The van der Waals surface area contributed by atoms with Gasteiger partial charge >= 0.3 is 0 Å². The molecular weight excluding hydrogens is 378 g/mol. The van der Waals surface area contributed by atoms with E-state index in [0.717, 1.165) is 5.56 Å². The van der Waals surface area contributed by atoms with Crippen molar-refractivity contribution in [1.29, 1.82) is 5.26 Å². The Balaban J connectivity index is 1.46. The van der Waals surface area contributed by atoms with E-state index in [2.05, 4.69) is 11.5 Å². The Kier molecular flexibility index (Phi) is 5.27. The molecule has 0 aliphatic carbocycles. The van der Waals surface area contributed by atoms with Crippen LogP contribution in [0.15, 0.2) is 84.4 Å². The molecule has 1 N–H and O–H groups in total. The van der Waals surface area contributed by atoms with Gasteiger partial charge in [-0.3, -0.25) is 15.0 Å². The topological polar surface area (TPSA) is 82.4 Å². The lowest BCUT2D eigenvalue weighted by Crippen LogP contribution is -2.35. The van der Waals surface area contributed by atoms with E-state index in [9.17, 15) is 9.59 Å². The summed E-state index contributed by atoms with van der Waals surface area (Å²) in [4.78, 5) is 24.9. The number of anilines is 1. The summed E-state index contributed by atoms with van der Waals surface area (Å²) in [7, 11) is 0. The molecule has 1 aliphatic heterocycles. The monoisotopic (exact) mass is 395 g/mol. The second-order valence-electron chi connectivity index (χ2n) is 6.60. The Hall–Kier alpha value is -4.37. The first kappa shape index (κ1) is 19.0. The molecule has 1 fully saturated rings. The van der Waals surface area contributed by atoms with Crippen LogP contribution in [0.5, 0.6) is 5.75 Å². The van der Waals surface area contributed by atoms with Gasteiger partial charge in [0.15, 0.2) is 0 Å². The highest BCUT2D eigenvalue weighted by molar-refractivity contribution is 6.31. The molecule has 30 heavy (non-hydrogen) atoms. The van der Waals surface area contributed by atoms with E-state index in [0.29, 0.717) is 22.6 Å². The molecule has 2 amide bonds. The molecular formula is C24H17N3O3. The van der Waals surface area contributed by atoms with Crippen LogP contribution in [0.3, 0.4) is 0 Å².